The molecule has 2 heterocycles. The maximum atomic E-state index is 12.4. The molecule has 5 nitrogen and oxygen atoms in total. The number of amides is 1. The molecule has 9 heteroatoms. The summed E-state index contributed by atoms with van der Waals surface area (Å²) in [5.41, 5.74) is 3.82. The van der Waals surface area contributed by atoms with Gasteiger partial charge in [0.1, 0.15) is 0 Å². The largest absolute Gasteiger partial charge is 0.324 e. The first-order chi connectivity index (χ1) is 15.0. The molecule has 0 bridgehead atoms. The average Bonchev–Trinajstić information content (AvgIpc) is 3.32. The van der Waals surface area contributed by atoms with E-state index in [2.05, 4.69) is 40.0 Å². The number of anilines is 1. The van der Waals surface area contributed by atoms with Crippen LogP contribution >= 0.6 is 46.3 Å². The van der Waals surface area contributed by atoms with Crippen molar-refractivity contribution in [2.24, 2.45) is 7.05 Å². The van der Waals surface area contributed by atoms with Crippen LogP contribution in [0.5, 0.6) is 0 Å². The Labute approximate surface area is 198 Å². The van der Waals surface area contributed by atoms with Crippen molar-refractivity contribution in [3.8, 4) is 22.5 Å². The second-order valence-electron chi connectivity index (χ2n) is 6.75. The molecule has 0 spiro atoms. The molecule has 0 saturated carbocycles. The quantitative estimate of drug-likeness (QED) is 0.312. The predicted molar refractivity (Wildman–Crippen MR) is 130 cm³/mol. The molecule has 0 aliphatic heterocycles. The molecule has 0 saturated heterocycles. The summed E-state index contributed by atoms with van der Waals surface area (Å²) in [5.74, 6) is 0.738. The predicted octanol–water partition coefficient (Wildman–Crippen LogP) is 6.56. The van der Waals surface area contributed by atoms with Gasteiger partial charge in [-0.05, 0) is 24.6 Å². The highest BCUT2D eigenvalue weighted by Crippen LogP contribution is 2.38. The minimum atomic E-state index is -0.199. The highest BCUT2D eigenvalue weighted by molar-refractivity contribution is 7.99. The first-order valence-corrected chi connectivity index (χ1v) is 12.0. The number of nitrogens with one attached hydrogen (secondary N) is 1. The van der Waals surface area contributed by atoms with E-state index in [0.29, 0.717) is 20.9 Å². The molecule has 31 heavy (non-hydrogen) atoms. The standard InChI is InChI=1S/C22H18Cl2N4OS2/c1-13-19(14-7-4-3-5-8-14)15(11-30-13)21-26-27-22(28(21)2)31-12-18(29)25-17-10-6-9-16(23)20(17)24/h3-11H,12H2,1-2H3,(H,25,29). The molecule has 2 aromatic heterocycles. The summed E-state index contributed by atoms with van der Waals surface area (Å²) in [6, 6.07) is 15.4. The van der Waals surface area contributed by atoms with Crippen molar-refractivity contribution in [3.63, 3.8) is 0 Å². The fraction of sp³-hybridized carbons (Fsp3) is 0.136. The Hall–Kier alpha value is -2.32. The van der Waals surface area contributed by atoms with E-state index < -0.39 is 0 Å². The zero-order chi connectivity index (χ0) is 22.0. The SMILES string of the molecule is Cc1scc(-c2nnc(SCC(=O)Nc3cccc(Cl)c3Cl)n2C)c1-c1ccccc1. The van der Waals surface area contributed by atoms with Crippen molar-refractivity contribution in [3.05, 3.63) is 68.8 Å². The van der Waals surface area contributed by atoms with E-state index in [1.807, 2.05) is 29.8 Å². The molecule has 1 amide bonds. The van der Waals surface area contributed by atoms with Gasteiger partial charge in [-0.25, -0.2) is 0 Å². The zero-order valence-electron chi connectivity index (χ0n) is 16.7. The number of nitrogens with zero attached hydrogens (tertiary/aromatic N) is 3. The number of rotatable bonds is 6. The Kier molecular flexibility index (Phi) is 6.67. The van der Waals surface area contributed by atoms with Crippen LogP contribution in [0.25, 0.3) is 22.5 Å². The van der Waals surface area contributed by atoms with Gasteiger partial charge in [0.15, 0.2) is 11.0 Å². The van der Waals surface area contributed by atoms with Crippen LogP contribution < -0.4 is 5.32 Å². The third kappa shape index (κ3) is 4.65. The minimum absolute atomic E-state index is 0.170. The van der Waals surface area contributed by atoms with Gasteiger partial charge in [0.25, 0.3) is 0 Å². The number of thioether (sulfide) groups is 1. The third-order valence-corrected chi connectivity index (χ3v) is 7.42. The number of aromatic nitrogens is 3. The van der Waals surface area contributed by atoms with E-state index in [9.17, 15) is 4.79 Å². The molecule has 0 aliphatic rings. The van der Waals surface area contributed by atoms with Crippen molar-refractivity contribution >= 4 is 57.9 Å². The number of carbonyl (C=O) groups is 1. The number of aryl methyl sites for hydroxylation is 1. The number of hydrogen-bond acceptors (Lipinski definition) is 5. The molecule has 2 aromatic carbocycles. The lowest BCUT2D eigenvalue weighted by molar-refractivity contribution is -0.113. The first-order valence-electron chi connectivity index (χ1n) is 9.35. The lowest BCUT2D eigenvalue weighted by Crippen LogP contribution is -2.14. The van der Waals surface area contributed by atoms with Crippen molar-refractivity contribution in [1.29, 1.82) is 0 Å². The van der Waals surface area contributed by atoms with Gasteiger partial charge in [-0.3, -0.25) is 4.79 Å². The molecule has 0 aliphatic carbocycles. The summed E-state index contributed by atoms with van der Waals surface area (Å²) in [6.07, 6.45) is 0. The fourth-order valence-corrected chi connectivity index (χ4v) is 5.10. The third-order valence-electron chi connectivity index (χ3n) is 4.67. The van der Waals surface area contributed by atoms with E-state index >= 15 is 0 Å². The average molecular weight is 489 g/mol. The number of thiophene rings is 1. The molecule has 0 unspecified atom stereocenters. The van der Waals surface area contributed by atoms with Crippen molar-refractivity contribution in [2.75, 3.05) is 11.1 Å². The van der Waals surface area contributed by atoms with Crippen LogP contribution in [0.3, 0.4) is 0 Å². The highest BCUT2D eigenvalue weighted by Gasteiger charge is 2.19. The van der Waals surface area contributed by atoms with Crippen LogP contribution in [-0.2, 0) is 11.8 Å². The zero-order valence-corrected chi connectivity index (χ0v) is 19.9. The maximum absolute atomic E-state index is 12.4. The molecular weight excluding hydrogens is 471 g/mol. The summed E-state index contributed by atoms with van der Waals surface area (Å²) in [5, 5.41) is 15.0. The van der Waals surface area contributed by atoms with Gasteiger partial charge in [0.05, 0.1) is 21.5 Å². The van der Waals surface area contributed by atoms with Crippen LogP contribution in [-0.4, -0.2) is 26.4 Å². The Morgan fingerprint density at radius 3 is 2.68 bits per heavy atom. The Bertz CT molecular complexity index is 1240. The first kappa shape index (κ1) is 21.9. The molecule has 158 valence electrons. The Morgan fingerprint density at radius 2 is 1.90 bits per heavy atom. The summed E-state index contributed by atoms with van der Waals surface area (Å²) >= 11 is 15.1. The Balaban J connectivity index is 1.51. The van der Waals surface area contributed by atoms with Gasteiger partial charge >= 0.3 is 0 Å². The highest BCUT2D eigenvalue weighted by atomic mass is 35.5. The summed E-state index contributed by atoms with van der Waals surface area (Å²) in [7, 11) is 1.91. The number of benzene rings is 2. The van der Waals surface area contributed by atoms with Crippen LogP contribution in [0.4, 0.5) is 5.69 Å². The molecule has 0 fully saturated rings. The van der Waals surface area contributed by atoms with Gasteiger partial charge in [-0.2, -0.15) is 0 Å². The molecule has 0 atom stereocenters. The number of carbonyl (C=O) groups excluding carboxylic acids is 1. The van der Waals surface area contributed by atoms with Crippen LogP contribution in [0.2, 0.25) is 10.0 Å². The lowest BCUT2D eigenvalue weighted by Gasteiger charge is -2.08. The Morgan fingerprint density at radius 1 is 1.13 bits per heavy atom. The molecule has 0 radical (unpaired) electrons. The normalized spacial score (nSPS) is 11.0. The fourth-order valence-electron chi connectivity index (χ4n) is 3.17. The molecule has 1 N–H and O–H groups in total. The van der Waals surface area contributed by atoms with E-state index in [1.165, 1.54) is 16.6 Å². The second kappa shape index (κ2) is 9.44. The van der Waals surface area contributed by atoms with Crippen molar-refractivity contribution < 1.29 is 4.79 Å². The number of hydrogen-bond donors (Lipinski definition) is 1. The van der Waals surface area contributed by atoms with Crippen LogP contribution in [0, 0.1) is 6.92 Å². The second-order valence-corrected chi connectivity index (χ2v) is 9.56. The summed E-state index contributed by atoms with van der Waals surface area (Å²) in [6.45, 7) is 2.10. The van der Waals surface area contributed by atoms with Gasteiger partial charge in [0.2, 0.25) is 5.91 Å². The van der Waals surface area contributed by atoms with Gasteiger partial charge in [0, 0.05) is 28.4 Å². The van der Waals surface area contributed by atoms with Crippen molar-refractivity contribution in [1.82, 2.24) is 14.8 Å². The molecule has 4 rings (SSSR count). The van der Waals surface area contributed by atoms with Gasteiger partial charge in [-0.15, -0.1) is 21.5 Å². The minimum Gasteiger partial charge on any atom is -0.324 e. The summed E-state index contributed by atoms with van der Waals surface area (Å²) in [4.78, 5) is 13.6. The maximum Gasteiger partial charge on any atom is 0.234 e. The molecular formula is C22H18Cl2N4OS2. The van der Waals surface area contributed by atoms with E-state index in [4.69, 9.17) is 23.2 Å². The van der Waals surface area contributed by atoms with Gasteiger partial charge < -0.3 is 9.88 Å². The van der Waals surface area contributed by atoms with E-state index in [0.717, 1.165) is 22.5 Å². The van der Waals surface area contributed by atoms with Gasteiger partial charge in [-0.1, -0.05) is 71.4 Å². The number of halogens is 2. The summed E-state index contributed by atoms with van der Waals surface area (Å²) < 4.78 is 1.91. The van der Waals surface area contributed by atoms with E-state index in [-0.39, 0.29) is 11.7 Å². The van der Waals surface area contributed by atoms with Crippen molar-refractivity contribution in [2.45, 2.75) is 12.1 Å². The topological polar surface area (TPSA) is 59.8 Å². The monoisotopic (exact) mass is 488 g/mol. The molecule has 4 aromatic rings. The van der Waals surface area contributed by atoms with Crippen LogP contribution in [0.15, 0.2) is 59.1 Å². The van der Waals surface area contributed by atoms with Crippen LogP contribution in [0.1, 0.15) is 4.88 Å². The lowest BCUT2D eigenvalue weighted by atomic mass is 10.0. The van der Waals surface area contributed by atoms with E-state index in [1.54, 1.807) is 29.5 Å². The smallest absolute Gasteiger partial charge is 0.234 e.